The van der Waals surface area contributed by atoms with Crippen molar-refractivity contribution in [2.75, 3.05) is 50.1 Å². The van der Waals surface area contributed by atoms with Gasteiger partial charge in [-0.3, -0.25) is 4.79 Å². The zero-order valence-electron chi connectivity index (χ0n) is 19.1. The second-order valence-electron chi connectivity index (χ2n) is 8.34. The maximum atomic E-state index is 13.5. The third-order valence-electron chi connectivity index (χ3n) is 6.01. The van der Waals surface area contributed by atoms with Crippen molar-refractivity contribution in [3.05, 3.63) is 35.0 Å². The predicted molar refractivity (Wildman–Crippen MR) is 123 cm³/mol. The molecule has 2 aliphatic heterocycles. The lowest BCUT2D eigenvalue weighted by molar-refractivity contribution is -0.136. The van der Waals surface area contributed by atoms with Crippen LogP contribution in [0.3, 0.4) is 0 Å². The molecular weight excluding hydrogens is 465 g/mol. The molecule has 0 unspecified atom stereocenters. The summed E-state index contributed by atoms with van der Waals surface area (Å²) in [5, 5.41) is 5.94. The van der Waals surface area contributed by atoms with Crippen LogP contribution in [0.25, 0.3) is 11.0 Å². The van der Waals surface area contributed by atoms with Crippen LogP contribution in [0.2, 0.25) is 0 Å². The maximum Gasteiger partial charge on any atom is 0.418 e. The van der Waals surface area contributed by atoms with E-state index in [0.717, 1.165) is 11.8 Å². The number of amides is 1. The molecule has 12 heteroatoms. The minimum Gasteiger partial charge on any atom is -0.491 e. The SMILES string of the molecule is CCCNc1nc(Nc2ccc(C(=O)N3CCOCC3)c3c2OCC3)nc2[nH]cc(C(F)(F)F)c12. The first-order valence-corrected chi connectivity index (χ1v) is 11.5. The fraction of sp³-hybridized carbons (Fsp3) is 0.435. The normalized spacial score (nSPS) is 15.7. The molecular formula is C23H25F3N6O3. The number of nitrogens with one attached hydrogen (secondary N) is 3. The van der Waals surface area contributed by atoms with Crippen LogP contribution in [-0.4, -0.2) is 65.2 Å². The van der Waals surface area contributed by atoms with Gasteiger partial charge >= 0.3 is 6.18 Å². The van der Waals surface area contributed by atoms with E-state index in [-0.39, 0.29) is 28.7 Å². The topological polar surface area (TPSA) is 104 Å². The lowest BCUT2D eigenvalue weighted by Crippen LogP contribution is -2.41. The standard InChI is InChI=1S/C23H25F3N6O3/c1-2-6-27-19-17-15(23(24,25)26)12-28-20(17)31-22(30-19)29-16-4-3-14(13-5-9-35-18(13)16)21(33)32-7-10-34-11-8-32/h3-4,12H,2,5-11H2,1H3,(H3,27,28,29,30,31). The molecule has 4 heterocycles. The number of benzene rings is 1. The van der Waals surface area contributed by atoms with Crippen LogP contribution in [0.4, 0.5) is 30.6 Å². The van der Waals surface area contributed by atoms with E-state index in [4.69, 9.17) is 9.47 Å². The lowest BCUT2D eigenvalue weighted by Gasteiger charge is -2.27. The van der Waals surface area contributed by atoms with Gasteiger partial charge in [-0.2, -0.15) is 23.1 Å². The predicted octanol–water partition coefficient (Wildman–Crippen LogP) is 3.95. The summed E-state index contributed by atoms with van der Waals surface area (Å²) in [7, 11) is 0. The first-order chi connectivity index (χ1) is 16.9. The van der Waals surface area contributed by atoms with Crippen LogP contribution in [0.1, 0.15) is 34.8 Å². The minimum atomic E-state index is -4.54. The number of ether oxygens (including phenoxy) is 2. The van der Waals surface area contributed by atoms with E-state index in [1.165, 1.54) is 0 Å². The van der Waals surface area contributed by atoms with Crippen LogP contribution in [-0.2, 0) is 17.3 Å². The monoisotopic (exact) mass is 490 g/mol. The number of hydrogen-bond donors (Lipinski definition) is 3. The van der Waals surface area contributed by atoms with Gasteiger partial charge in [0, 0.05) is 43.4 Å². The fourth-order valence-corrected chi connectivity index (χ4v) is 4.34. The number of hydrogen-bond acceptors (Lipinski definition) is 7. The second-order valence-corrected chi connectivity index (χ2v) is 8.34. The van der Waals surface area contributed by atoms with Crippen molar-refractivity contribution in [2.24, 2.45) is 0 Å². The molecule has 3 aromatic rings. The zero-order chi connectivity index (χ0) is 24.6. The number of alkyl halides is 3. The van der Waals surface area contributed by atoms with E-state index < -0.39 is 11.7 Å². The van der Waals surface area contributed by atoms with E-state index in [9.17, 15) is 18.0 Å². The second kappa shape index (κ2) is 9.25. The number of aromatic nitrogens is 3. The number of morpholine rings is 1. The highest BCUT2D eigenvalue weighted by molar-refractivity contribution is 5.98. The Hall–Kier alpha value is -3.54. The Bertz CT molecular complexity index is 1250. The van der Waals surface area contributed by atoms with Gasteiger partial charge in [0.1, 0.15) is 17.2 Å². The molecule has 186 valence electrons. The van der Waals surface area contributed by atoms with Gasteiger partial charge in [0.2, 0.25) is 5.95 Å². The Morgan fingerprint density at radius 2 is 2.00 bits per heavy atom. The summed E-state index contributed by atoms with van der Waals surface area (Å²) in [6, 6.07) is 3.44. The third kappa shape index (κ3) is 4.45. The van der Waals surface area contributed by atoms with E-state index >= 15 is 0 Å². The summed E-state index contributed by atoms with van der Waals surface area (Å²) >= 11 is 0. The van der Waals surface area contributed by atoms with E-state index in [1.807, 2.05) is 6.92 Å². The van der Waals surface area contributed by atoms with E-state index in [0.29, 0.717) is 69.3 Å². The third-order valence-corrected chi connectivity index (χ3v) is 6.01. The molecule has 5 rings (SSSR count). The number of rotatable bonds is 6. The van der Waals surface area contributed by atoms with Gasteiger partial charge in [-0.1, -0.05) is 6.92 Å². The molecule has 1 aromatic carbocycles. The largest absolute Gasteiger partial charge is 0.491 e. The van der Waals surface area contributed by atoms with Gasteiger partial charge in [0.15, 0.2) is 0 Å². The number of aromatic amines is 1. The molecule has 2 aromatic heterocycles. The van der Waals surface area contributed by atoms with Crippen LogP contribution in [0, 0.1) is 0 Å². The molecule has 1 saturated heterocycles. The van der Waals surface area contributed by atoms with Crippen molar-refractivity contribution >= 4 is 34.4 Å². The molecule has 35 heavy (non-hydrogen) atoms. The lowest BCUT2D eigenvalue weighted by atomic mass is 10.0. The van der Waals surface area contributed by atoms with Gasteiger partial charge in [-0.15, -0.1) is 0 Å². The highest BCUT2D eigenvalue weighted by Gasteiger charge is 2.36. The fourth-order valence-electron chi connectivity index (χ4n) is 4.34. The molecule has 0 saturated carbocycles. The molecule has 1 amide bonds. The van der Waals surface area contributed by atoms with Crippen molar-refractivity contribution < 1.29 is 27.4 Å². The maximum absolute atomic E-state index is 13.5. The van der Waals surface area contributed by atoms with Crippen LogP contribution in [0.5, 0.6) is 5.75 Å². The minimum absolute atomic E-state index is 0.0603. The Morgan fingerprint density at radius 1 is 1.20 bits per heavy atom. The number of carbonyl (C=O) groups excluding carboxylic acids is 1. The van der Waals surface area contributed by atoms with Gasteiger partial charge in [-0.25, -0.2) is 0 Å². The quantitative estimate of drug-likeness (QED) is 0.481. The van der Waals surface area contributed by atoms with Gasteiger partial charge in [0.25, 0.3) is 5.91 Å². The van der Waals surface area contributed by atoms with E-state index in [1.54, 1.807) is 17.0 Å². The number of H-pyrrole nitrogens is 1. The van der Waals surface area contributed by atoms with Gasteiger partial charge < -0.3 is 30.0 Å². The Morgan fingerprint density at radius 3 is 2.74 bits per heavy atom. The highest BCUT2D eigenvalue weighted by Crippen LogP contribution is 2.40. The summed E-state index contributed by atoms with van der Waals surface area (Å²) in [5.74, 6) is 0.649. The van der Waals surface area contributed by atoms with Crippen LogP contribution < -0.4 is 15.4 Å². The summed E-state index contributed by atoms with van der Waals surface area (Å²) in [5.41, 5.74) is 1.14. The summed E-state index contributed by atoms with van der Waals surface area (Å²) < 4.78 is 51.7. The summed E-state index contributed by atoms with van der Waals surface area (Å²) in [4.78, 5) is 26.0. The Kier molecular flexibility index (Phi) is 6.13. The van der Waals surface area contributed by atoms with Crippen molar-refractivity contribution in [1.82, 2.24) is 19.9 Å². The highest BCUT2D eigenvalue weighted by atomic mass is 19.4. The summed E-state index contributed by atoms with van der Waals surface area (Å²) in [6.07, 6.45) is -2.37. The number of fused-ring (bicyclic) bond motifs is 2. The Labute approximate surface area is 199 Å². The first kappa shape index (κ1) is 23.2. The van der Waals surface area contributed by atoms with E-state index in [2.05, 4.69) is 25.6 Å². The number of halogens is 3. The number of nitrogens with zero attached hydrogens (tertiary/aromatic N) is 3. The van der Waals surface area contributed by atoms with Gasteiger partial charge in [-0.05, 0) is 18.6 Å². The molecule has 0 radical (unpaired) electrons. The average molecular weight is 490 g/mol. The zero-order valence-corrected chi connectivity index (χ0v) is 19.1. The van der Waals surface area contributed by atoms with Crippen LogP contribution >= 0.6 is 0 Å². The van der Waals surface area contributed by atoms with Crippen molar-refractivity contribution in [1.29, 1.82) is 0 Å². The smallest absolute Gasteiger partial charge is 0.418 e. The average Bonchev–Trinajstić information content (AvgIpc) is 3.51. The van der Waals surface area contributed by atoms with Crippen LogP contribution in [0.15, 0.2) is 18.3 Å². The molecule has 9 nitrogen and oxygen atoms in total. The summed E-state index contributed by atoms with van der Waals surface area (Å²) in [6.45, 7) is 4.86. The molecule has 3 N–H and O–H groups in total. The Balaban J connectivity index is 1.49. The molecule has 0 bridgehead atoms. The molecule has 0 atom stereocenters. The van der Waals surface area contributed by atoms with Crippen molar-refractivity contribution in [2.45, 2.75) is 25.9 Å². The molecule has 0 aliphatic carbocycles. The molecule has 0 spiro atoms. The molecule has 2 aliphatic rings. The first-order valence-electron chi connectivity index (χ1n) is 11.5. The number of anilines is 3. The molecule has 1 fully saturated rings. The number of carbonyl (C=O) groups is 1. The van der Waals surface area contributed by atoms with Crippen molar-refractivity contribution in [3.8, 4) is 5.75 Å². The van der Waals surface area contributed by atoms with Gasteiger partial charge in [0.05, 0.1) is 36.5 Å². The van der Waals surface area contributed by atoms with Crippen molar-refractivity contribution in [3.63, 3.8) is 0 Å².